The van der Waals surface area contributed by atoms with Crippen molar-refractivity contribution in [3.8, 4) is 5.75 Å². The fourth-order valence-electron chi connectivity index (χ4n) is 2.41. The molecule has 1 aromatic carbocycles. The quantitative estimate of drug-likeness (QED) is 0.791. The number of fused-ring (bicyclic) bond motifs is 1. The molecule has 0 aliphatic heterocycles. The number of rotatable bonds is 6. The van der Waals surface area contributed by atoms with Crippen molar-refractivity contribution in [2.45, 2.75) is 38.6 Å². The molecule has 0 saturated carbocycles. The average Bonchev–Trinajstić information content (AvgIpc) is 2.49. The molecule has 1 aromatic heterocycles. The molecular weight excluding hydrogens is 300 g/mol. The van der Waals surface area contributed by atoms with Gasteiger partial charge in [-0.25, -0.2) is 4.79 Å². The van der Waals surface area contributed by atoms with Crippen LogP contribution < -0.4 is 10.4 Å². The van der Waals surface area contributed by atoms with Gasteiger partial charge in [-0.2, -0.15) is 0 Å². The van der Waals surface area contributed by atoms with E-state index < -0.39 is 23.4 Å². The van der Waals surface area contributed by atoms with Crippen LogP contribution in [0.25, 0.3) is 11.0 Å². The van der Waals surface area contributed by atoms with Crippen molar-refractivity contribution in [1.29, 1.82) is 0 Å². The number of hydrogen-bond donors (Lipinski definition) is 2. The Balaban J connectivity index is 2.61. The van der Waals surface area contributed by atoms with Crippen LogP contribution in [-0.2, 0) is 4.74 Å². The molecule has 0 amide bonds. The molecule has 0 aliphatic rings. The van der Waals surface area contributed by atoms with Crippen LogP contribution in [0.4, 0.5) is 0 Å². The van der Waals surface area contributed by atoms with Gasteiger partial charge in [-0.3, -0.25) is 0 Å². The number of aliphatic hydroxyl groups excluding tert-OH is 1. The van der Waals surface area contributed by atoms with E-state index >= 15 is 0 Å². The Morgan fingerprint density at radius 2 is 2.00 bits per heavy atom. The number of benzene rings is 1. The first-order chi connectivity index (χ1) is 10.8. The predicted molar refractivity (Wildman–Crippen MR) is 85.7 cm³/mol. The zero-order chi connectivity index (χ0) is 17.2. The van der Waals surface area contributed by atoms with Crippen LogP contribution >= 0.6 is 0 Å². The third kappa shape index (κ3) is 3.72. The lowest BCUT2D eigenvalue weighted by molar-refractivity contribution is -0.127. The van der Waals surface area contributed by atoms with Gasteiger partial charge in [0.2, 0.25) is 0 Å². The molecule has 6 heteroatoms. The molecular formula is C17H22O6. The molecule has 0 fully saturated rings. The monoisotopic (exact) mass is 322 g/mol. The molecule has 2 N–H and O–H groups in total. The molecule has 2 rings (SSSR count). The van der Waals surface area contributed by atoms with Crippen molar-refractivity contribution < 1.29 is 24.1 Å². The number of hydrogen-bond acceptors (Lipinski definition) is 6. The maximum Gasteiger partial charge on any atom is 0.336 e. The van der Waals surface area contributed by atoms with E-state index in [9.17, 15) is 15.0 Å². The lowest BCUT2D eigenvalue weighted by Crippen LogP contribution is -2.41. The standard InChI is InChI=1S/C17H22O6/c1-5-22-15(16(19)17(2,3)20)11-8-10-6-7-14(18)23-12(10)9-13(11)21-4/h6-9,15-16,19-20H,5H2,1-4H3/t15-,16-/m1/s1. The van der Waals surface area contributed by atoms with Crippen LogP contribution in [0.2, 0.25) is 0 Å². The maximum absolute atomic E-state index is 11.3. The van der Waals surface area contributed by atoms with Gasteiger partial charge in [-0.15, -0.1) is 0 Å². The van der Waals surface area contributed by atoms with Crippen LogP contribution in [0.5, 0.6) is 5.75 Å². The molecule has 126 valence electrons. The summed E-state index contributed by atoms with van der Waals surface area (Å²) in [6.45, 7) is 5.17. The molecule has 0 spiro atoms. The van der Waals surface area contributed by atoms with Gasteiger partial charge in [-0.1, -0.05) is 0 Å². The van der Waals surface area contributed by atoms with Gasteiger partial charge in [0.05, 0.1) is 12.7 Å². The van der Waals surface area contributed by atoms with Crippen molar-refractivity contribution >= 4 is 11.0 Å². The van der Waals surface area contributed by atoms with Gasteiger partial charge in [0.25, 0.3) is 0 Å². The smallest absolute Gasteiger partial charge is 0.336 e. The van der Waals surface area contributed by atoms with Gasteiger partial charge < -0.3 is 24.1 Å². The topological polar surface area (TPSA) is 89.1 Å². The molecule has 0 radical (unpaired) electrons. The Kier molecular flexibility index (Phi) is 5.09. The van der Waals surface area contributed by atoms with Crippen LogP contribution in [-0.4, -0.2) is 35.6 Å². The number of ether oxygens (including phenoxy) is 2. The SMILES string of the molecule is CCO[C@H](c1cc2ccc(=O)oc2cc1OC)[C@@H](O)C(C)(C)O. The summed E-state index contributed by atoms with van der Waals surface area (Å²) in [4.78, 5) is 11.3. The Bertz CT molecular complexity index is 728. The van der Waals surface area contributed by atoms with Gasteiger partial charge in [0.15, 0.2) is 0 Å². The Labute approximate surface area is 134 Å². The number of aliphatic hydroxyl groups is 2. The van der Waals surface area contributed by atoms with E-state index in [0.29, 0.717) is 28.9 Å². The summed E-state index contributed by atoms with van der Waals surface area (Å²) in [5, 5.41) is 21.3. The van der Waals surface area contributed by atoms with Gasteiger partial charge in [0.1, 0.15) is 23.5 Å². The van der Waals surface area contributed by atoms with E-state index in [2.05, 4.69) is 0 Å². The van der Waals surface area contributed by atoms with Crippen molar-refractivity contribution in [2.24, 2.45) is 0 Å². The molecule has 2 atom stereocenters. The minimum Gasteiger partial charge on any atom is -0.496 e. The molecule has 6 nitrogen and oxygen atoms in total. The third-order valence-corrected chi connectivity index (χ3v) is 3.63. The van der Waals surface area contributed by atoms with E-state index in [0.717, 1.165) is 0 Å². The van der Waals surface area contributed by atoms with Gasteiger partial charge in [0, 0.05) is 29.7 Å². The Hall–Kier alpha value is -1.89. The summed E-state index contributed by atoms with van der Waals surface area (Å²) in [6.07, 6.45) is -1.95. The first kappa shape index (κ1) is 17.5. The van der Waals surface area contributed by atoms with E-state index in [1.54, 1.807) is 25.1 Å². The highest BCUT2D eigenvalue weighted by Crippen LogP contribution is 2.36. The van der Waals surface area contributed by atoms with E-state index in [4.69, 9.17) is 13.9 Å². The van der Waals surface area contributed by atoms with Crippen molar-refractivity contribution in [3.63, 3.8) is 0 Å². The zero-order valence-electron chi connectivity index (χ0n) is 13.7. The lowest BCUT2D eigenvalue weighted by Gasteiger charge is -2.32. The minimum absolute atomic E-state index is 0.350. The van der Waals surface area contributed by atoms with Crippen LogP contribution in [0.15, 0.2) is 33.5 Å². The fourth-order valence-corrected chi connectivity index (χ4v) is 2.41. The summed E-state index contributed by atoms with van der Waals surface area (Å²) in [5.74, 6) is 0.411. The Morgan fingerprint density at radius 1 is 1.30 bits per heavy atom. The summed E-state index contributed by atoms with van der Waals surface area (Å²) in [6, 6.07) is 6.26. The highest BCUT2D eigenvalue weighted by Gasteiger charge is 2.35. The molecule has 0 aliphatic carbocycles. The van der Waals surface area contributed by atoms with Crippen LogP contribution in [0.1, 0.15) is 32.4 Å². The normalized spacial score (nSPS) is 14.7. The van der Waals surface area contributed by atoms with Crippen molar-refractivity contribution in [2.75, 3.05) is 13.7 Å². The van der Waals surface area contributed by atoms with Crippen molar-refractivity contribution in [3.05, 3.63) is 40.2 Å². The summed E-state index contributed by atoms with van der Waals surface area (Å²) in [7, 11) is 1.48. The number of methoxy groups -OCH3 is 1. The van der Waals surface area contributed by atoms with Crippen LogP contribution in [0.3, 0.4) is 0 Å². The van der Waals surface area contributed by atoms with Gasteiger partial charge >= 0.3 is 5.63 Å². The predicted octanol–water partition coefficient (Wildman–Crippen LogP) is 2.01. The third-order valence-electron chi connectivity index (χ3n) is 3.63. The molecule has 0 unspecified atom stereocenters. The zero-order valence-corrected chi connectivity index (χ0v) is 13.7. The van der Waals surface area contributed by atoms with E-state index in [1.165, 1.54) is 27.0 Å². The summed E-state index contributed by atoms with van der Waals surface area (Å²) < 4.78 is 16.1. The first-order valence-electron chi connectivity index (χ1n) is 7.41. The largest absolute Gasteiger partial charge is 0.496 e. The molecule has 0 bridgehead atoms. The summed E-state index contributed by atoms with van der Waals surface area (Å²) >= 11 is 0. The second kappa shape index (κ2) is 6.70. The van der Waals surface area contributed by atoms with E-state index in [1.807, 2.05) is 0 Å². The van der Waals surface area contributed by atoms with Crippen LogP contribution in [0, 0.1) is 0 Å². The second-order valence-corrected chi connectivity index (χ2v) is 5.86. The molecule has 2 aromatic rings. The Morgan fingerprint density at radius 3 is 2.57 bits per heavy atom. The average molecular weight is 322 g/mol. The first-order valence-corrected chi connectivity index (χ1v) is 7.41. The molecule has 23 heavy (non-hydrogen) atoms. The highest BCUT2D eigenvalue weighted by molar-refractivity contribution is 5.79. The van der Waals surface area contributed by atoms with Gasteiger partial charge in [-0.05, 0) is 32.9 Å². The summed E-state index contributed by atoms with van der Waals surface area (Å²) in [5.41, 5.74) is -0.857. The highest BCUT2D eigenvalue weighted by atomic mass is 16.5. The molecule has 0 saturated heterocycles. The van der Waals surface area contributed by atoms with Crippen molar-refractivity contribution in [1.82, 2.24) is 0 Å². The second-order valence-electron chi connectivity index (χ2n) is 5.86. The maximum atomic E-state index is 11.3. The molecule has 1 heterocycles. The lowest BCUT2D eigenvalue weighted by atomic mass is 9.91. The fraction of sp³-hybridized carbons (Fsp3) is 0.471. The van der Waals surface area contributed by atoms with E-state index in [-0.39, 0.29) is 0 Å². The minimum atomic E-state index is -1.36.